The van der Waals surface area contributed by atoms with Gasteiger partial charge in [-0.15, -0.1) is 0 Å². The number of halogens is 1. The SMILES string of the molecule is Cn1nc(-c2cc(F)cc([N+](=O)[O-])c2)nc1SCC(=O)O. The Labute approximate surface area is 121 Å². The summed E-state index contributed by atoms with van der Waals surface area (Å²) in [4.78, 5) is 24.6. The number of thioether (sulfide) groups is 1. The molecule has 21 heavy (non-hydrogen) atoms. The van der Waals surface area contributed by atoms with Crippen LogP contribution in [0.1, 0.15) is 0 Å². The molecule has 10 heteroatoms. The predicted octanol–water partition coefficient (Wildman–Crippen LogP) is 1.71. The third-order valence-corrected chi connectivity index (χ3v) is 3.40. The summed E-state index contributed by atoms with van der Waals surface area (Å²) in [5.41, 5.74) is -0.253. The van der Waals surface area contributed by atoms with Gasteiger partial charge in [-0.25, -0.2) is 14.1 Å². The molecule has 0 saturated heterocycles. The highest BCUT2D eigenvalue weighted by molar-refractivity contribution is 7.99. The highest BCUT2D eigenvalue weighted by Crippen LogP contribution is 2.25. The molecule has 2 aromatic rings. The monoisotopic (exact) mass is 312 g/mol. The zero-order chi connectivity index (χ0) is 15.6. The first kappa shape index (κ1) is 14.9. The molecule has 0 radical (unpaired) electrons. The summed E-state index contributed by atoms with van der Waals surface area (Å²) in [5, 5.41) is 23.7. The fourth-order valence-electron chi connectivity index (χ4n) is 1.55. The zero-order valence-electron chi connectivity index (χ0n) is 10.7. The molecule has 0 aliphatic rings. The maximum Gasteiger partial charge on any atom is 0.313 e. The lowest BCUT2D eigenvalue weighted by atomic mass is 10.2. The molecular formula is C11H9FN4O4S. The van der Waals surface area contributed by atoms with E-state index >= 15 is 0 Å². The van der Waals surface area contributed by atoms with E-state index in [1.54, 1.807) is 7.05 Å². The van der Waals surface area contributed by atoms with E-state index in [1.165, 1.54) is 4.68 Å². The number of benzene rings is 1. The molecule has 0 aliphatic carbocycles. The molecule has 0 unspecified atom stereocenters. The normalized spacial score (nSPS) is 10.6. The maximum atomic E-state index is 13.4. The van der Waals surface area contributed by atoms with Crippen LogP contribution in [0.5, 0.6) is 0 Å². The number of aryl methyl sites for hydroxylation is 1. The fraction of sp³-hybridized carbons (Fsp3) is 0.182. The van der Waals surface area contributed by atoms with Crippen LogP contribution in [0.25, 0.3) is 11.4 Å². The third kappa shape index (κ3) is 3.54. The van der Waals surface area contributed by atoms with Crippen molar-refractivity contribution in [1.29, 1.82) is 0 Å². The van der Waals surface area contributed by atoms with E-state index in [9.17, 15) is 19.3 Å². The Morgan fingerprint density at radius 3 is 2.86 bits per heavy atom. The molecule has 110 valence electrons. The van der Waals surface area contributed by atoms with E-state index in [-0.39, 0.29) is 17.1 Å². The summed E-state index contributed by atoms with van der Waals surface area (Å²) in [7, 11) is 1.55. The van der Waals surface area contributed by atoms with Crippen molar-refractivity contribution in [3.63, 3.8) is 0 Å². The van der Waals surface area contributed by atoms with Crippen LogP contribution >= 0.6 is 11.8 Å². The van der Waals surface area contributed by atoms with Crippen LogP contribution < -0.4 is 0 Å². The topological polar surface area (TPSA) is 111 Å². The Balaban J connectivity index is 2.36. The second kappa shape index (κ2) is 5.87. The molecule has 1 heterocycles. The molecule has 2 rings (SSSR count). The summed E-state index contributed by atoms with van der Waals surface area (Å²) in [6.45, 7) is 0. The van der Waals surface area contributed by atoms with Crippen molar-refractivity contribution in [3.8, 4) is 11.4 Å². The van der Waals surface area contributed by atoms with Crippen LogP contribution in [0.3, 0.4) is 0 Å². The summed E-state index contributed by atoms with van der Waals surface area (Å²) in [5.74, 6) is -1.89. The molecule has 0 amide bonds. The van der Waals surface area contributed by atoms with Crippen molar-refractivity contribution in [2.75, 3.05) is 5.75 Å². The van der Waals surface area contributed by atoms with Gasteiger partial charge in [0.25, 0.3) is 5.69 Å². The Bertz CT molecular complexity index is 718. The second-order valence-corrected chi connectivity index (χ2v) is 4.92. The lowest BCUT2D eigenvalue weighted by Gasteiger charge is -1.96. The number of rotatable bonds is 5. The van der Waals surface area contributed by atoms with E-state index in [1.807, 2.05) is 0 Å². The average Bonchev–Trinajstić information content (AvgIpc) is 2.77. The van der Waals surface area contributed by atoms with Crippen LogP contribution in [-0.4, -0.2) is 36.5 Å². The van der Waals surface area contributed by atoms with Gasteiger partial charge >= 0.3 is 5.97 Å². The molecule has 0 saturated carbocycles. The first-order valence-corrected chi connectivity index (χ1v) is 6.56. The second-order valence-electron chi connectivity index (χ2n) is 3.98. The van der Waals surface area contributed by atoms with E-state index in [2.05, 4.69) is 10.1 Å². The predicted molar refractivity (Wildman–Crippen MR) is 71.4 cm³/mol. The number of nitro benzene ring substituents is 1. The minimum atomic E-state index is -1.01. The van der Waals surface area contributed by atoms with Gasteiger partial charge in [0.15, 0.2) is 11.0 Å². The van der Waals surface area contributed by atoms with E-state index in [0.29, 0.717) is 5.16 Å². The molecule has 0 bridgehead atoms. The van der Waals surface area contributed by atoms with Crippen molar-refractivity contribution >= 4 is 23.4 Å². The van der Waals surface area contributed by atoms with Crippen LogP contribution in [-0.2, 0) is 11.8 Å². The summed E-state index contributed by atoms with van der Waals surface area (Å²) >= 11 is 0.948. The van der Waals surface area contributed by atoms with Crippen molar-refractivity contribution in [2.45, 2.75) is 5.16 Å². The summed E-state index contributed by atoms with van der Waals surface area (Å²) in [6, 6.07) is 3.03. The Hall–Kier alpha value is -2.49. The van der Waals surface area contributed by atoms with Gasteiger partial charge in [0.1, 0.15) is 5.82 Å². The number of carbonyl (C=O) groups is 1. The van der Waals surface area contributed by atoms with Gasteiger partial charge < -0.3 is 5.11 Å². The standard InChI is InChI=1S/C11H9FN4O4S/c1-15-11(21-5-9(17)18)13-10(14-15)6-2-7(12)4-8(3-6)16(19)20/h2-4H,5H2,1H3,(H,17,18). The molecule has 1 aromatic heterocycles. The smallest absolute Gasteiger partial charge is 0.313 e. The van der Waals surface area contributed by atoms with Crippen molar-refractivity contribution in [2.24, 2.45) is 7.05 Å². The largest absolute Gasteiger partial charge is 0.481 e. The highest BCUT2D eigenvalue weighted by Gasteiger charge is 2.16. The van der Waals surface area contributed by atoms with Gasteiger partial charge in [0.2, 0.25) is 0 Å². The van der Waals surface area contributed by atoms with Gasteiger partial charge in [0.05, 0.1) is 16.7 Å². The zero-order valence-corrected chi connectivity index (χ0v) is 11.5. The molecule has 1 N–H and O–H groups in total. The maximum absolute atomic E-state index is 13.4. The molecule has 0 spiro atoms. The van der Waals surface area contributed by atoms with Crippen LogP contribution in [0.4, 0.5) is 10.1 Å². The Morgan fingerprint density at radius 2 is 2.24 bits per heavy atom. The van der Waals surface area contributed by atoms with Gasteiger partial charge in [-0.2, -0.15) is 5.10 Å². The Morgan fingerprint density at radius 1 is 1.52 bits per heavy atom. The number of aromatic nitrogens is 3. The molecular weight excluding hydrogens is 303 g/mol. The van der Waals surface area contributed by atoms with E-state index in [4.69, 9.17) is 5.11 Å². The van der Waals surface area contributed by atoms with Crippen LogP contribution in [0.2, 0.25) is 0 Å². The summed E-state index contributed by atoms with van der Waals surface area (Å²) in [6.07, 6.45) is 0. The van der Waals surface area contributed by atoms with Gasteiger partial charge in [0, 0.05) is 18.7 Å². The number of nitrogens with zero attached hydrogens (tertiary/aromatic N) is 4. The van der Waals surface area contributed by atoms with Crippen LogP contribution in [0, 0.1) is 15.9 Å². The number of carboxylic acids is 1. The first-order valence-electron chi connectivity index (χ1n) is 5.58. The molecule has 0 fully saturated rings. The highest BCUT2D eigenvalue weighted by atomic mass is 32.2. The average molecular weight is 312 g/mol. The quantitative estimate of drug-likeness (QED) is 0.508. The summed E-state index contributed by atoms with van der Waals surface area (Å²) < 4.78 is 14.7. The van der Waals surface area contributed by atoms with Crippen molar-refractivity contribution < 1.29 is 19.2 Å². The number of aliphatic carboxylic acids is 1. The Kier molecular flexibility index (Phi) is 4.17. The van der Waals surface area contributed by atoms with Crippen LogP contribution in [0.15, 0.2) is 23.4 Å². The molecule has 8 nitrogen and oxygen atoms in total. The van der Waals surface area contributed by atoms with Crippen molar-refractivity contribution in [1.82, 2.24) is 14.8 Å². The number of nitro groups is 1. The van der Waals surface area contributed by atoms with Crippen molar-refractivity contribution in [3.05, 3.63) is 34.1 Å². The van der Waals surface area contributed by atoms with Gasteiger partial charge in [-0.05, 0) is 6.07 Å². The number of hydrogen-bond donors (Lipinski definition) is 1. The minimum absolute atomic E-state index is 0.0907. The fourth-order valence-corrected chi connectivity index (χ4v) is 2.18. The third-order valence-electron chi connectivity index (χ3n) is 2.40. The van der Waals surface area contributed by atoms with Gasteiger partial charge in [-0.3, -0.25) is 14.9 Å². The first-order chi connectivity index (χ1) is 9.86. The van der Waals surface area contributed by atoms with Gasteiger partial charge in [-0.1, -0.05) is 11.8 Å². The molecule has 0 aliphatic heterocycles. The minimum Gasteiger partial charge on any atom is -0.481 e. The number of carboxylic acid groups (broad SMARTS) is 1. The number of hydrogen-bond acceptors (Lipinski definition) is 6. The molecule has 1 aromatic carbocycles. The lowest BCUT2D eigenvalue weighted by molar-refractivity contribution is -0.385. The molecule has 0 atom stereocenters. The number of non-ortho nitro benzene ring substituents is 1. The lowest BCUT2D eigenvalue weighted by Crippen LogP contribution is -2.00. The van der Waals surface area contributed by atoms with E-state index < -0.39 is 22.4 Å². The van der Waals surface area contributed by atoms with E-state index in [0.717, 1.165) is 30.0 Å².